The summed E-state index contributed by atoms with van der Waals surface area (Å²) in [6, 6.07) is 0. The number of nitrogens with one attached hydrogen (secondary N) is 1. The predicted octanol–water partition coefficient (Wildman–Crippen LogP) is 1.90. The lowest BCUT2D eigenvalue weighted by atomic mass is 10.3. The third-order valence-electron chi connectivity index (χ3n) is 2.94. The van der Waals surface area contributed by atoms with Crippen LogP contribution in [0.2, 0.25) is 0 Å². The maximum Gasteiger partial charge on any atom is 0.240 e. The summed E-state index contributed by atoms with van der Waals surface area (Å²) in [5, 5.41) is 7.45. The van der Waals surface area contributed by atoms with Gasteiger partial charge in [-0.05, 0) is 19.5 Å². The first-order chi connectivity index (χ1) is 9.03. The molecule has 6 heteroatoms. The Hall–Kier alpha value is -0.590. The van der Waals surface area contributed by atoms with Gasteiger partial charge in [-0.2, -0.15) is 4.98 Å². The van der Waals surface area contributed by atoms with Gasteiger partial charge in [-0.25, -0.2) is 0 Å². The average Bonchev–Trinajstić information content (AvgIpc) is 2.61. The molecule has 108 valence electrons. The molecule has 5 nitrogen and oxygen atoms in total. The van der Waals surface area contributed by atoms with Crippen LogP contribution in [0.4, 0.5) is 0 Å². The van der Waals surface area contributed by atoms with E-state index in [1.807, 2.05) is 11.8 Å². The first-order valence-electron chi connectivity index (χ1n) is 6.91. The summed E-state index contributed by atoms with van der Waals surface area (Å²) in [5.74, 6) is 2.36. The maximum absolute atomic E-state index is 5.34. The molecule has 1 aliphatic rings. The van der Waals surface area contributed by atoms with Gasteiger partial charge in [0.25, 0.3) is 0 Å². The Labute approximate surface area is 119 Å². The second kappa shape index (κ2) is 6.72. The summed E-state index contributed by atoms with van der Waals surface area (Å²) in [6.45, 7) is 11.7. The molecular weight excluding hydrogens is 260 g/mol. The molecule has 0 saturated carbocycles. The number of nitrogens with zero attached hydrogens (tertiary/aromatic N) is 3. The van der Waals surface area contributed by atoms with Gasteiger partial charge in [0.1, 0.15) is 0 Å². The van der Waals surface area contributed by atoms with Crippen LogP contribution in [0.1, 0.15) is 38.9 Å². The fourth-order valence-electron chi connectivity index (χ4n) is 1.95. The minimum atomic E-state index is 0.233. The molecule has 1 N–H and O–H groups in total. The molecule has 0 atom stereocenters. The van der Waals surface area contributed by atoms with Gasteiger partial charge in [0.05, 0.1) is 12.3 Å². The minimum Gasteiger partial charge on any atom is -0.338 e. The van der Waals surface area contributed by atoms with Gasteiger partial charge in [-0.15, -0.1) is 11.8 Å². The zero-order valence-electron chi connectivity index (χ0n) is 12.1. The lowest BCUT2D eigenvalue weighted by molar-refractivity contribution is 0.238. The Kier molecular flexibility index (Phi) is 5.24. The highest BCUT2D eigenvalue weighted by molar-refractivity contribution is 7.99. The van der Waals surface area contributed by atoms with Gasteiger partial charge in [0.2, 0.25) is 5.89 Å². The summed E-state index contributed by atoms with van der Waals surface area (Å²) in [4.78, 5) is 6.85. The molecule has 1 aromatic heterocycles. The lowest BCUT2D eigenvalue weighted by Gasteiger charge is -2.16. The monoisotopic (exact) mass is 284 g/mol. The third-order valence-corrected chi connectivity index (χ3v) is 4.20. The summed E-state index contributed by atoms with van der Waals surface area (Å²) in [5.41, 5.74) is 0. The Morgan fingerprint density at radius 3 is 2.95 bits per heavy atom. The maximum atomic E-state index is 5.34. The number of thioether (sulfide) groups is 1. The van der Waals surface area contributed by atoms with Crippen molar-refractivity contribution in [1.82, 2.24) is 20.4 Å². The van der Waals surface area contributed by atoms with Crippen molar-refractivity contribution in [3.8, 4) is 0 Å². The first-order valence-corrected chi connectivity index (χ1v) is 7.90. The number of hydrogen-bond acceptors (Lipinski definition) is 6. The highest BCUT2D eigenvalue weighted by atomic mass is 32.2. The number of hydrogen-bond donors (Lipinski definition) is 1. The molecule has 0 unspecified atom stereocenters. The van der Waals surface area contributed by atoms with Crippen LogP contribution in [-0.4, -0.2) is 46.0 Å². The summed E-state index contributed by atoms with van der Waals surface area (Å²) >= 11 is 1.84. The van der Waals surface area contributed by atoms with Crippen LogP contribution in [0.15, 0.2) is 4.52 Å². The van der Waals surface area contributed by atoms with Crippen LogP contribution in [0.25, 0.3) is 0 Å². The average molecular weight is 284 g/mol. The highest BCUT2D eigenvalue weighted by Crippen LogP contribution is 2.26. The third kappa shape index (κ3) is 5.50. The van der Waals surface area contributed by atoms with E-state index in [4.69, 9.17) is 4.52 Å². The van der Waals surface area contributed by atoms with Crippen molar-refractivity contribution in [2.24, 2.45) is 0 Å². The fourth-order valence-corrected chi connectivity index (χ4v) is 2.62. The van der Waals surface area contributed by atoms with Crippen molar-refractivity contribution in [3.05, 3.63) is 11.7 Å². The smallest absolute Gasteiger partial charge is 0.240 e. The Bertz CT molecular complexity index is 380. The van der Waals surface area contributed by atoms with Crippen molar-refractivity contribution in [1.29, 1.82) is 0 Å². The van der Waals surface area contributed by atoms with Crippen LogP contribution in [-0.2, 0) is 12.3 Å². The molecule has 1 aliphatic heterocycles. The summed E-state index contributed by atoms with van der Waals surface area (Å²) < 4.78 is 5.57. The van der Waals surface area contributed by atoms with Crippen molar-refractivity contribution >= 4 is 11.8 Å². The van der Waals surface area contributed by atoms with E-state index < -0.39 is 0 Å². The molecule has 0 aromatic carbocycles. The van der Waals surface area contributed by atoms with Gasteiger partial charge in [-0.1, -0.05) is 25.9 Å². The van der Waals surface area contributed by atoms with E-state index in [1.165, 1.54) is 6.42 Å². The molecule has 0 aliphatic carbocycles. The van der Waals surface area contributed by atoms with Crippen molar-refractivity contribution in [2.45, 2.75) is 44.2 Å². The van der Waals surface area contributed by atoms with Crippen molar-refractivity contribution < 1.29 is 4.52 Å². The molecule has 0 spiro atoms. The number of rotatable bonds is 4. The van der Waals surface area contributed by atoms with Crippen molar-refractivity contribution in [3.63, 3.8) is 0 Å². The fraction of sp³-hybridized carbons (Fsp3) is 0.846. The van der Waals surface area contributed by atoms with E-state index in [0.29, 0.717) is 0 Å². The lowest BCUT2D eigenvalue weighted by Crippen LogP contribution is -2.27. The molecule has 2 heterocycles. The molecule has 0 amide bonds. The molecule has 1 fully saturated rings. The van der Waals surface area contributed by atoms with E-state index in [9.17, 15) is 0 Å². The Morgan fingerprint density at radius 2 is 2.16 bits per heavy atom. The van der Waals surface area contributed by atoms with Crippen LogP contribution in [0, 0.1) is 0 Å². The predicted molar refractivity (Wildman–Crippen MR) is 78.1 cm³/mol. The van der Waals surface area contributed by atoms with Crippen LogP contribution >= 0.6 is 11.8 Å². The summed E-state index contributed by atoms with van der Waals surface area (Å²) in [6.07, 6.45) is 1.18. The van der Waals surface area contributed by atoms with Gasteiger partial charge in [-0.3, -0.25) is 4.90 Å². The Balaban J connectivity index is 1.82. The zero-order valence-corrected chi connectivity index (χ0v) is 12.9. The first kappa shape index (κ1) is 14.8. The van der Waals surface area contributed by atoms with Crippen LogP contribution in [0.5, 0.6) is 0 Å². The van der Waals surface area contributed by atoms with Gasteiger partial charge < -0.3 is 9.84 Å². The summed E-state index contributed by atoms with van der Waals surface area (Å²) in [7, 11) is 0. The van der Waals surface area contributed by atoms with Crippen LogP contribution < -0.4 is 5.32 Å². The topological polar surface area (TPSA) is 54.2 Å². The van der Waals surface area contributed by atoms with Gasteiger partial charge >= 0.3 is 0 Å². The SMILES string of the molecule is CC(C)(C)SCc1noc(CN2CCCNCC2)n1. The molecule has 1 aromatic rings. The second-order valence-corrected chi connectivity index (χ2v) is 7.69. The van der Waals surface area contributed by atoms with Gasteiger partial charge in [0, 0.05) is 17.8 Å². The van der Waals surface area contributed by atoms with Crippen molar-refractivity contribution in [2.75, 3.05) is 26.2 Å². The molecular formula is C13H24N4OS. The minimum absolute atomic E-state index is 0.233. The largest absolute Gasteiger partial charge is 0.338 e. The quantitative estimate of drug-likeness (QED) is 0.911. The Morgan fingerprint density at radius 1 is 1.32 bits per heavy atom. The second-order valence-electron chi connectivity index (χ2n) is 5.89. The van der Waals surface area contributed by atoms with Gasteiger partial charge in [0.15, 0.2) is 5.82 Å². The van der Waals surface area contributed by atoms with E-state index in [-0.39, 0.29) is 4.75 Å². The number of aromatic nitrogens is 2. The molecule has 1 saturated heterocycles. The zero-order chi connectivity index (χ0) is 13.7. The molecule has 19 heavy (non-hydrogen) atoms. The van der Waals surface area contributed by atoms with E-state index in [2.05, 4.69) is 41.1 Å². The van der Waals surface area contributed by atoms with E-state index >= 15 is 0 Å². The molecule has 0 bridgehead atoms. The van der Waals surface area contributed by atoms with E-state index in [1.54, 1.807) is 0 Å². The normalized spacial score (nSPS) is 18.5. The molecule has 0 radical (unpaired) electrons. The van der Waals surface area contributed by atoms with E-state index in [0.717, 1.165) is 50.2 Å². The van der Waals surface area contributed by atoms with Crippen LogP contribution in [0.3, 0.4) is 0 Å². The standard InChI is InChI=1S/C13H24N4OS/c1-13(2,3)19-10-11-15-12(18-16-11)9-17-7-4-5-14-6-8-17/h14H,4-10H2,1-3H3. The highest BCUT2D eigenvalue weighted by Gasteiger charge is 2.16. The molecule has 2 rings (SSSR count).